The second kappa shape index (κ2) is 6.59. The molecule has 10 heteroatoms. The van der Waals surface area contributed by atoms with Crippen molar-refractivity contribution in [1.82, 2.24) is 4.57 Å². The topological polar surface area (TPSA) is 74.6 Å². The molecule has 1 atom stereocenters. The Hall–Kier alpha value is -2.49. The molecule has 3 rings (SSSR count). The number of alkyl halides is 2. The van der Waals surface area contributed by atoms with Crippen LogP contribution in [0.5, 0.6) is 11.5 Å². The monoisotopic (exact) mass is 403 g/mol. The van der Waals surface area contributed by atoms with Crippen LogP contribution in [0.3, 0.4) is 0 Å². The van der Waals surface area contributed by atoms with Crippen LogP contribution < -0.4 is 15.0 Å². The Bertz CT molecular complexity index is 1050. The minimum Gasteiger partial charge on any atom is -0.395 e. The lowest BCUT2D eigenvalue weighted by atomic mass is 10.1. The molecule has 0 radical (unpaired) electrons. The molecular formula is C17H16F3NO5S. The van der Waals surface area contributed by atoms with E-state index >= 15 is 0 Å². The van der Waals surface area contributed by atoms with Gasteiger partial charge in [0, 0.05) is 30.6 Å². The highest BCUT2D eigenvalue weighted by Crippen LogP contribution is 2.43. The number of aryl methyl sites for hydroxylation is 1. The Labute approximate surface area is 153 Å². The minimum atomic E-state index is -3.79. The van der Waals surface area contributed by atoms with E-state index in [-0.39, 0.29) is 35.6 Å². The summed E-state index contributed by atoms with van der Waals surface area (Å²) in [6.45, 7) is 1.53. The summed E-state index contributed by atoms with van der Waals surface area (Å²) in [5.41, 5.74) is -0.467. The molecule has 27 heavy (non-hydrogen) atoms. The number of benzene rings is 1. The molecule has 0 saturated heterocycles. The van der Waals surface area contributed by atoms with Crippen molar-refractivity contribution in [2.45, 2.75) is 31.4 Å². The summed E-state index contributed by atoms with van der Waals surface area (Å²) in [7, 11) is -3.26. The predicted molar refractivity (Wildman–Crippen MR) is 91.2 cm³/mol. The second-order valence-corrected chi connectivity index (χ2v) is 8.79. The maximum absolute atomic E-state index is 14.5. The SMILES string of the molecule is CC(CCn1cc(F)c(-c2ccc3c(c2)OC(F)(F)O3)cc1=O)S(C)(=O)=O. The van der Waals surface area contributed by atoms with Crippen LogP contribution in [-0.4, -0.2) is 30.8 Å². The molecule has 0 fully saturated rings. The molecular weight excluding hydrogens is 387 g/mol. The van der Waals surface area contributed by atoms with E-state index in [0.29, 0.717) is 0 Å². The number of halogens is 3. The van der Waals surface area contributed by atoms with Crippen molar-refractivity contribution in [2.24, 2.45) is 0 Å². The number of sulfone groups is 1. The first kappa shape index (κ1) is 19.3. The van der Waals surface area contributed by atoms with E-state index in [1.807, 2.05) is 0 Å². The normalized spacial score (nSPS) is 16.3. The third-order valence-corrected chi connectivity index (χ3v) is 5.99. The Morgan fingerprint density at radius 2 is 1.85 bits per heavy atom. The zero-order chi connectivity index (χ0) is 20.0. The van der Waals surface area contributed by atoms with Gasteiger partial charge >= 0.3 is 6.29 Å². The smallest absolute Gasteiger partial charge is 0.395 e. The van der Waals surface area contributed by atoms with E-state index < -0.39 is 32.8 Å². The number of fused-ring (bicyclic) bond motifs is 1. The summed E-state index contributed by atoms with van der Waals surface area (Å²) in [4.78, 5) is 12.2. The molecule has 0 N–H and O–H groups in total. The van der Waals surface area contributed by atoms with Gasteiger partial charge in [-0.2, -0.15) is 0 Å². The fourth-order valence-corrected chi connectivity index (χ4v) is 3.13. The molecule has 1 aromatic carbocycles. The third kappa shape index (κ3) is 4.10. The van der Waals surface area contributed by atoms with Gasteiger partial charge in [-0.15, -0.1) is 8.78 Å². The van der Waals surface area contributed by atoms with Crippen molar-refractivity contribution in [2.75, 3.05) is 6.26 Å². The summed E-state index contributed by atoms with van der Waals surface area (Å²) < 4.78 is 73.2. The van der Waals surface area contributed by atoms with Gasteiger partial charge in [0.25, 0.3) is 5.56 Å². The van der Waals surface area contributed by atoms with Crippen molar-refractivity contribution in [3.63, 3.8) is 0 Å². The van der Waals surface area contributed by atoms with Crippen molar-refractivity contribution in [3.8, 4) is 22.6 Å². The van der Waals surface area contributed by atoms with Gasteiger partial charge in [0.1, 0.15) is 15.7 Å². The summed E-state index contributed by atoms with van der Waals surface area (Å²) >= 11 is 0. The van der Waals surface area contributed by atoms with Gasteiger partial charge in [0.15, 0.2) is 11.5 Å². The van der Waals surface area contributed by atoms with Crippen LogP contribution in [0, 0.1) is 5.82 Å². The van der Waals surface area contributed by atoms with Gasteiger partial charge in [-0.25, -0.2) is 12.8 Å². The number of ether oxygens (including phenoxy) is 2. The van der Waals surface area contributed by atoms with Crippen molar-refractivity contribution < 1.29 is 31.1 Å². The molecule has 1 aliphatic rings. The molecule has 1 aromatic heterocycles. The largest absolute Gasteiger partial charge is 0.586 e. The van der Waals surface area contributed by atoms with Crippen LogP contribution in [-0.2, 0) is 16.4 Å². The first-order valence-electron chi connectivity index (χ1n) is 7.95. The lowest BCUT2D eigenvalue weighted by molar-refractivity contribution is -0.286. The fraction of sp³-hybridized carbons (Fsp3) is 0.353. The highest BCUT2D eigenvalue weighted by atomic mass is 32.2. The second-order valence-electron chi connectivity index (χ2n) is 6.32. The van der Waals surface area contributed by atoms with Gasteiger partial charge in [-0.3, -0.25) is 4.79 Å². The molecule has 2 aromatic rings. The average Bonchev–Trinajstić information content (AvgIpc) is 2.86. The summed E-state index contributed by atoms with van der Waals surface area (Å²) in [5.74, 6) is -1.21. The zero-order valence-electron chi connectivity index (χ0n) is 14.4. The third-order valence-electron chi connectivity index (χ3n) is 4.30. The molecule has 1 aliphatic heterocycles. The Balaban J connectivity index is 1.87. The van der Waals surface area contributed by atoms with Crippen LogP contribution in [0.2, 0.25) is 0 Å². The van der Waals surface area contributed by atoms with Crippen LogP contribution in [0.1, 0.15) is 13.3 Å². The van der Waals surface area contributed by atoms with Crippen LogP contribution in [0.4, 0.5) is 13.2 Å². The molecule has 0 spiro atoms. The van der Waals surface area contributed by atoms with Crippen LogP contribution >= 0.6 is 0 Å². The molecule has 6 nitrogen and oxygen atoms in total. The molecule has 0 saturated carbocycles. The van der Waals surface area contributed by atoms with Gasteiger partial charge in [-0.05, 0) is 31.0 Å². The van der Waals surface area contributed by atoms with E-state index in [1.54, 1.807) is 0 Å². The molecule has 0 bridgehead atoms. The van der Waals surface area contributed by atoms with Gasteiger partial charge in [-0.1, -0.05) is 6.07 Å². The molecule has 146 valence electrons. The van der Waals surface area contributed by atoms with E-state index in [4.69, 9.17) is 0 Å². The summed E-state index contributed by atoms with van der Waals surface area (Å²) in [5, 5.41) is -0.678. The highest BCUT2D eigenvalue weighted by Gasteiger charge is 2.43. The quantitative estimate of drug-likeness (QED) is 0.768. The Morgan fingerprint density at radius 1 is 1.19 bits per heavy atom. The average molecular weight is 403 g/mol. The lowest BCUT2D eigenvalue weighted by Gasteiger charge is -2.12. The standard InChI is InChI=1S/C17H16F3NO5S/c1-10(27(2,23)24)5-6-21-9-13(18)12(8-16(21)22)11-3-4-14-15(7-11)26-17(19,20)25-14/h3-4,7-10H,5-6H2,1-2H3. The lowest BCUT2D eigenvalue weighted by Crippen LogP contribution is -2.25. The molecule has 1 unspecified atom stereocenters. The van der Waals surface area contributed by atoms with Crippen molar-refractivity contribution in [3.05, 3.63) is 46.6 Å². The van der Waals surface area contributed by atoms with E-state index in [2.05, 4.69) is 9.47 Å². The Morgan fingerprint density at radius 3 is 2.52 bits per heavy atom. The number of pyridine rings is 1. The number of hydrogen-bond acceptors (Lipinski definition) is 5. The maximum Gasteiger partial charge on any atom is 0.586 e. The van der Waals surface area contributed by atoms with Crippen LogP contribution in [0.15, 0.2) is 35.3 Å². The fourth-order valence-electron chi connectivity index (χ4n) is 2.59. The predicted octanol–water partition coefficient (Wildman–Crippen LogP) is 2.80. The number of nitrogens with zero attached hydrogens (tertiary/aromatic N) is 1. The van der Waals surface area contributed by atoms with Crippen LogP contribution in [0.25, 0.3) is 11.1 Å². The molecule has 0 amide bonds. The number of hydrogen-bond donors (Lipinski definition) is 0. The van der Waals surface area contributed by atoms with Gasteiger partial charge < -0.3 is 14.0 Å². The van der Waals surface area contributed by atoms with Gasteiger partial charge in [0.05, 0.1) is 5.25 Å². The van der Waals surface area contributed by atoms with Gasteiger partial charge in [0.2, 0.25) is 0 Å². The first-order chi connectivity index (χ1) is 12.5. The first-order valence-corrected chi connectivity index (χ1v) is 9.91. The van der Waals surface area contributed by atoms with E-state index in [0.717, 1.165) is 29.2 Å². The molecule has 2 heterocycles. The summed E-state index contributed by atoms with van der Waals surface area (Å²) in [6, 6.07) is 4.71. The number of rotatable bonds is 5. The highest BCUT2D eigenvalue weighted by molar-refractivity contribution is 7.91. The minimum absolute atomic E-state index is 0.0254. The zero-order valence-corrected chi connectivity index (χ0v) is 15.2. The van der Waals surface area contributed by atoms with E-state index in [9.17, 15) is 26.4 Å². The number of aromatic nitrogens is 1. The van der Waals surface area contributed by atoms with Crippen molar-refractivity contribution in [1.29, 1.82) is 0 Å². The summed E-state index contributed by atoms with van der Waals surface area (Å²) in [6.07, 6.45) is -1.59. The maximum atomic E-state index is 14.5. The molecule has 0 aliphatic carbocycles. The van der Waals surface area contributed by atoms with Crippen molar-refractivity contribution >= 4 is 9.84 Å². The van der Waals surface area contributed by atoms with E-state index in [1.165, 1.54) is 19.1 Å². The Kier molecular flexibility index (Phi) is 4.71.